The predicted octanol–water partition coefficient (Wildman–Crippen LogP) is 4.33. The summed E-state index contributed by atoms with van der Waals surface area (Å²) in [4.78, 5) is 35.7. The summed E-state index contributed by atoms with van der Waals surface area (Å²) in [5.74, 6) is -4.62. The molecule has 1 saturated carbocycles. The average molecular weight is 566 g/mol. The van der Waals surface area contributed by atoms with Crippen LogP contribution in [0.25, 0.3) is 0 Å². The number of hydrogen-bond acceptors (Lipinski definition) is 7. The number of pyridine rings is 1. The van der Waals surface area contributed by atoms with Gasteiger partial charge in [0.15, 0.2) is 0 Å². The molecule has 0 atom stereocenters. The second-order valence-corrected chi connectivity index (χ2v) is 9.49. The average Bonchev–Trinajstić information content (AvgIpc) is 2.83. The first-order chi connectivity index (χ1) is 18.0. The fourth-order valence-corrected chi connectivity index (χ4v) is 4.30. The highest BCUT2D eigenvalue weighted by molar-refractivity contribution is 5.73. The molecule has 3 heterocycles. The monoisotopic (exact) mass is 565 g/mol. The van der Waals surface area contributed by atoms with E-state index in [9.17, 15) is 26.3 Å². The molecule has 2 N–H and O–H groups in total. The highest BCUT2D eigenvalue weighted by Gasteiger charge is 2.47. The number of halogens is 6. The van der Waals surface area contributed by atoms with Crippen LogP contribution in [0.3, 0.4) is 0 Å². The Morgan fingerprint density at radius 1 is 0.974 bits per heavy atom. The molecule has 1 saturated heterocycles. The summed E-state index contributed by atoms with van der Waals surface area (Å²) < 4.78 is 63.5. The molecule has 1 aliphatic heterocycles. The van der Waals surface area contributed by atoms with E-state index < -0.39 is 24.3 Å². The predicted molar refractivity (Wildman–Crippen MR) is 127 cm³/mol. The molecule has 1 aliphatic carbocycles. The maximum Gasteiger partial charge on any atom is 0.490 e. The zero-order valence-corrected chi connectivity index (χ0v) is 21.2. The molecular formula is C24H29F6N5O4. The number of aliphatic carboxylic acids is 2. The minimum Gasteiger partial charge on any atom is -0.475 e. The van der Waals surface area contributed by atoms with E-state index in [1.165, 1.54) is 31.2 Å². The number of anilines is 1. The maximum atomic E-state index is 10.6. The van der Waals surface area contributed by atoms with Crippen LogP contribution in [0.5, 0.6) is 0 Å². The zero-order chi connectivity index (χ0) is 29.4. The maximum absolute atomic E-state index is 10.6. The first-order valence-electron chi connectivity index (χ1n) is 11.8. The summed E-state index contributed by atoms with van der Waals surface area (Å²) in [7, 11) is 2.26. The Morgan fingerprint density at radius 3 is 1.82 bits per heavy atom. The summed E-state index contributed by atoms with van der Waals surface area (Å²) in [5.41, 5.74) is 3.03. The van der Waals surface area contributed by atoms with Crippen LogP contribution in [-0.2, 0) is 16.1 Å². The van der Waals surface area contributed by atoms with Gasteiger partial charge in [0.2, 0.25) is 5.95 Å². The molecule has 15 heteroatoms. The smallest absolute Gasteiger partial charge is 0.475 e. The lowest BCUT2D eigenvalue weighted by Gasteiger charge is -2.54. The summed E-state index contributed by atoms with van der Waals surface area (Å²) in [6, 6.07) is 4.95. The molecule has 9 nitrogen and oxygen atoms in total. The van der Waals surface area contributed by atoms with Gasteiger partial charge >= 0.3 is 24.3 Å². The minimum atomic E-state index is -5.08. The third-order valence-corrected chi connectivity index (χ3v) is 6.50. The molecule has 0 radical (unpaired) electrons. The number of aromatic nitrogens is 3. The molecule has 0 amide bonds. The molecule has 0 aromatic carbocycles. The van der Waals surface area contributed by atoms with Crippen molar-refractivity contribution in [2.45, 2.75) is 57.5 Å². The van der Waals surface area contributed by atoms with Crippen LogP contribution in [-0.4, -0.2) is 80.5 Å². The Labute approximate surface area is 220 Å². The summed E-state index contributed by atoms with van der Waals surface area (Å²) >= 11 is 0. The van der Waals surface area contributed by atoms with E-state index in [1.807, 2.05) is 31.7 Å². The number of alkyl halides is 6. The minimum absolute atomic E-state index is 0.554. The summed E-state index contributed by atoms with van der Waals surface area (Å²) in [6.07, 6.45) is 2.63. The Morgan fingerprint density at radius 2 is 1.41 bits per heavy atom. The van der Waals surface area contributed by atoms with Gasteiger partial charge in [0, 0.05) is 50.5 Å². The van der Waals surface area contributed by atoms with Crippen molar-refractivity contribution < 1.29 is 46.1 Å². The van der Waals surface area contributed by atoms with Crippen LogP contribution in [0.2, 0.25) is 0 Å². The third kappa shape index (κ3) is 9.96. The molecule has 2 aliphatic rings. The molecule has 4 rings (SSSR count). The fourth-order valence-electron chi connectivity index (χ4n) is 4.30. The zero-order valence-electron chi connectivity index (χ0n) is 21.2. The largest absolute Gasteiger partial charge is 0.490 e. The lowest BCUT2D eigenvalue weighted by Crippen LogP contribution is -2.54. The number of rotatable bonds is 4. The molecule has 0 unspecified atom stereocenters. The van der Waals surface area contributed by atoms with Crippen molar-refractivity contribution in [1.29, 1.82) is 0 Å². The topological polar surface area (TPSA) is 120 Å². The standard InChI is InChI=1S/C20H27N5.2C2HF3O2/c1-16-13-22-19(23-14-16)25-9-5-20(6-10-25)11-18(12-20)24(2)15-17-3-7-21-8-4-17;2*3-2(4,5)1(6)7/h3-4,7-8,13-14,18H,5-6,9-12,15H2,1-2H3;2*(H,6,7). The fraction of sp³-hybridized carbons (Fsp3) is 0.542. The molecule has 2 aromatic rings. The Balaban J connectivity index is 0.000000317. The van der Waals surface area contributed by atoms with Crippen LogP contribution in [0.1, 0.15) is 36.8 Å². The van der Waals surface area contributed by atoms with Gasteiger partial charge in [0.25, 0.3) is 0 Å². The van der Waals surface area contributed by atoms with Gasteiger partial charge in [-0.3, -0.25) is 9.88 Å². The van der Waals surface area contributed by atoms with Crippen molar-refractivity contribution in [3.05, 3.63) is 48.0 Å². The SMILES string of the molecule is Cc1cnc(N2CCC3(CC2)CC(N(C)Cc2ccncc2)C3)nc1.O=C(O)C(F)(F)F.O=C(O)C(F)(F)F. The van der Waals surface area contributed by atoms with Crippen LogP contribution in [0.15, 0.2) is 36.9 Å². The molecule has 2 aromatic heterocycles. The molecule has 2 fully saturated rings. The van der Waals surface area contributed by atoms with E-state index in [1.54, 1.807) is 0 Å². The normalized spacial score (nSPS) is 16.9. The van der Waals surface area contributed by atoms with Crippen LogP contribution in [0, 0.1) is 12.3 Å². The van der Waals surface area contributed by atoms with Crippen molar-refractivity contribution >= 4 is 17.9 Å². The van der Waals surface area contributed by atoms with Crippen LogP contribution in [0.4, 0.5) is 32.3 Å². The number of carboxylic acid groups (broad SMARTS) is 2. The van der Waals surface area contributed by atoms with Crippen molar-refractivity contribution in [3.8, 4) is 0 Å². The van der Waals surface area contributed by atoms with Gasteiger partial charge in [-0.15, -0.1) is 0 Å². The highest BCUT2D eigenvalue weighted by atomic mass is 19.4. The van der Waals surface area contributed by atoms with Crippen LogP contribution < -0.4 is 4.90 Å². The van der Waals surface area contributed by atoms with E-state index in [0.717, 1.165) is 37.2 Å². The van der Waals surface area contributed by atoms with E-state index in [2.05, 4.69) is 43.9 Å². The van der Waals surface area contributed by atoms with E-state index in [-0.39, 0.29) is 0 Å². The van der Waals surface area contributed by atoms with Crippen molar-refractivity contribution in [1.82, 2.24) is 19.9 Å². The van der Waals surface area contributed by atoms with E-state index in [4.69, 9.17) is 19.8 Å². The first-order valence-corrected chi connectivity index (χ1v) is 11.8. The number of aryl methyl sites for hydroxylation is 1. The number of carbonyl (C=O) groups is 2. The Kier molecular flexibility index (Phi) is 10.6. The Bertz CT molecular complexity index is 1040. The van der Waals surface area contributed by atoms with Gasteiger partial charge < -0.3 is 15.1 Å². The van der Waals surface area contributed by atoms with Gasteiger partial charge in [-0.05, 0) is 68.3 Å². The molecule has 1 spiro atoms. The van der Waals surface area contributed by atoms with Gasteiger partial charge in [-0.2, -0.15) is 26.3 Å². The lowest BCUT2D eigenvalue weighted by atomic mass is 9.60. The quantitative estimate of drug-likeness (QED) is 0.522. The molecule has 216 valence electrons. The lowest BCUT2D eigenvalue weighted by molar-refractivity contribution is -0.193. The highest BCUT2D eigenvalue weighted by Crippen LogP contribution is 2.51. The number of piperidine rings is 1. The molecule has 39 heavy (non-hydrogen) atoms. The molecular weight excluding hydrogens is 536 g/mol. The van der Waals surface area contributed by atoms with Crippen molar-refractivity contribution in [3.63, 3.8) is 0 Å². The summed E-state index contributed by atoms with van der Waals surface area (Å²) in [5, 5.41) is 14.2. The summed E-state index contributed by atoms with van der Waals surface area (Å²) in [6.45, 7) is 5.23. The van der Waals surface area contributed by atoms with Crippen LogP contribution >= 0.6 is 0 Å². The van der Waals surface area contributed by atoms with Gasteiger partial charge in [0.05, 0.1) is 0 Å². The second-order valence-electron chi connectivity index (χ2n) is 9.49. The van der Waals surface area contributed by atoms with Crippen molar-refractivity contribution in [2.24, 2.45) is 5.41 Å². The van der Waals surface area contributed by atoms with Gasteiger partial charge in [-0.1, -0.05) is 0 Å². The van der Waals surface area contributed by atoms with E-state index >= 15 is 0 Å². The number of carboxylic acids is 2. The first kappa shape index (κ1) is 31.7. The third-order valence-electron chi connectivity index (χ3n) is 6.50. The van der Waals surface area contributed by atoms with Gasteiger partial charge in [0.1, 0.15) is 0 Å². The number of nitrogens with zero attached hydrogens (tertiary/aromatic N) is 5. The van der Waals surface area contributed by atoms with E-state index in [0.29, 0.717) is 5.41 Å². The second kappa shape index (κ2) is 13.0. The Hall–Kier alpha value is -3.49. The van der Waals surface area contributed by atoms with Gasteiger partial charge in [-0.25, -0.2) is 19.6 Å². The van der Waals surface area contributed by atoms with Crippen molar-refractivity contribution in [2.75, 3.05) is 25.0 Å². The number of hydrogen-bond donors (Lipinski definition) is 2. The molecule has 0 bridgehead atoms.